The number of halogens is 1. The molecule has 0 saturated carbocycles. The van der Waals surface area contributed by atoms with Gasteiger partial charge in [0.25, 0.3) is 0 Å². The molecular weight excluding hydrogens is 291 g/mol. The Hall–Kier alpha value is -2.53. The molecule has 23 heavy (non-hydrogen) atoms. The van der Waals surface area contributed by atoms with Gasteiger partial charge in [-0.05, 0) is 55.8 Å². The van der Waals surface area contributed by atoms with Crippen LogP contribution in [-0.4, -0.2) is 14.8 Å². The fourth-order valence-electron chi connectivity index (χ4n) is 2.57. The highest BCUT2D eigenvalue weighted by Crippen LogP contribution is 2.20. The normalized spacial score (nSPS) is 12.3. The van der Waals surface area contributed by atoms with Crippen LogP contribution in [0.15, 0.2) is 55.0 Å². The molecule has 0 radical (unpaired) electrons. The highest BCUT2D eigenvalue weighted by Gasteiger charge is 2.14. The summed E-state index contributed by atoms with van der Waals surface area (Å²) in [6, 6.07) is 10.5. The third-order valence-electron chi connectivity index (χ3n) is 3.95. The molecule has 0 saturated heterocycles. The number of hydrogen-bond donors (Lipinski definition) is 1. The van der Waals surface area contributed by atoms with Crippen LogP contribution in [0.25, 0.3) is 5.69 Å². The standard InChI is InChI=1S/C18H19FN4/c1-13(21-11-15-7-9-20-10-8-15)18-12-22-23(14(18)2)17-5-3-16(19)4-6-17/h3-10,12-13,21H,11H2,1-2H3/t13-/m0/s1. The molecule has 3 rings (SSSR count). The molecule has 1 aromatic carbocycles. The molecule has 1 atom stereocenters. The van der Waals surface area contributed by atoms with Crippen molar-refractivity contribution < 1.29 is 4.39 Å². The van der Waals surface area contributed by atoms with Crippen LogP contribution >= 0.6 is 0 Å². The van der Waals surface area contributed by atoms with Gasteiger partial charge in [-0.2, -0.15) is 5.10 Å². The molecule has 118 valence electrons. The predicted octanol–water partition coefficient (Wildman–Crippen LogP) is 3.57. The van der Waals surface area contributed by atoms with Gasteiger partial charge in [0.15, 0.2) is 0 Å². The van der Waals surface area contributed by atoms with Crippen molar-refractivity contribution in [2.45, 2.75) is 26.4 Å². The van der Waals surface area contributed by atoms with Crippen molar-refractivity contribution in [2.75, 3.05) is 0 Å². The van der Waals surface area contributed by atoms with Gasteiger partial charge in [0.1, 0.15) is 5.82 Å². The van der Waals surface area contributed by atoms with Gasteiger partial charge in [0, 0.05) is 36.2 Å². The van der Waals surface area contributed by atoms with Crippen molar-refractivity contribution in [3.05, 3.63) is 77.6 Å². The fourth-order valence-corrected chi connectivity index (χ4v) is 2.57. The minimum Gasteiger partial charge on any atom is -0.306 e. The van der Waals surface area contributed by atoms with E-state index in [1.165, 1.54) is 17.7 Å². The largest absolute Gasteiger partial charge is 0.306 e. The van der Waals surface area contributed by atoms with E-state index < -0.39 is 0 Å². The summed E-state index contributed by atoms with van der Waals surface area (Å²) in [5, 5.41) is 7.92. The number of aromatic nitrogens is 3. The molecule has 2 heterocycles. The summed E-state index contributed by atoms with van der Waals surface area (Å²) >= 11 is 0. The maximum atomic E-state index is 13.1. The van der Waals surface area contributed by atoms with E-state index in [1.807, 2.05) is 29.9 Å². The zero-order valence-corrected chi connectivity index (χ0v) is 13.2. The van der Waals surface area contributed by atoms with E-state index in [2.05, 4.69) is 22.3 Å². The number of nitrogens with one attached hydrogen (secondary N) is 1. The molecule has 0 fully saturated rings. The summed E-state index contributed by atoms with van der Waals surface area (Å²) in [7, 11) is 0. The highest BCUT2D eigenvalue weighted by molar-refractivity contribution is 5.35. The molecule has 3 aromatic rings. The van der Waals surface area contributed by atoms with E-state index in [-0.39, 0.29) is 11.9 Å². The summed E-state index contributed by atoms with van der Waals surface area (Å²) < 4.78 is 14.9. The Labute approximate surface area is 135 Å². The molecule has 0 spiro atoms. The number of hydrogen-bond acceptors (Lipinski definition) is 3. The maximum absolute atomic E-state index is 13.1. The van der Waals surface area contributed by atoms with Gasteiger partial charge < -0.3 is 5.32 Å². The van der Waals surface area contributed by atoms with Crippen molar-refractivity contribution in [3.8, 4) is 5.69 Å². The number of benzene rings is 1. The Balaban J connectivity index is 1.74. The van der Waals surface area contributed by atoms with E-state index in [4.69, 9.17) is 0 Å². The fraction of sp³-hybridized carbons (Fsp3) is 0.222. The van der Waals surface area contributed by atoms with Crippen molar-refractivity contribution in [1.29, 1.82) is 0 Å². The predicted molar refractivity (Wildman–Crippen MR) is 87.8 cm³/mol. The smallest absolute Gasteiger partial charge is 0.123 e. The number of nitrogens with zero attached hydrogens (tertiary/aromatic N) is 3. The first kappa shape index (κ1) is 15.4. The summed E-state index contributed by atoms with van der Waals surface area (Å²) in [5.41, 5.74) is 4.22. The average Bonchev–Trinajstić information content (AvgIpc) is 2.96. The lowest BCUT2D eigenvalue weighted by molar-refractivity contribution is 0.571. The van der Waals surface area contributed by atoms with Gasteiger partial charge in [0.05, 0.1) is 11.9 Å². The number of rotatable bonds is 5. The van der Waals surface area contributed by atoms with Crippen molar-refractivity contribution in [1.82, 2.24) is 20.1 Å². The minimum atomic E-state index is -0.244. The monoisotopic (exact) mass is 310 g/mol. The van der Waals surface area contributed by atoms with Gasteiger partial charge in [-0.3, -0.25) is 4.98 Å². The Kier molecular flexibility index (Phi) is 4.48. The van der Waals surface area contributed by atoms with Crippen LogP contribution < -0.4 is 5.32 Å². The Bertz CT molecular complexity index is 765. The molecule has 0 aliphatic carbocycles. The van der Waals surface area contributed by atoms with E-state index in [0.29, 0.717) is 0 Å². The average molecular weight is 310 g/mol. The van der Waals surface area contributed by atoms with Gasteiger partial charge >= 0.3 is 0 Å². The number of pyridine rings is 1. The Morgan fingerprint density at radius 1 is 1.13 bits per heavy atom. The molecule has 1 N–H and O–H groups in total. The lowest BCUT2D eigenvalue weighted by Crippen LogP contribution is -2.18. The molecule has 0 unspecified atom stereocenters. The third-order valence-corrected chi connectivity index (χ3v) is 3.95. The van der Waals surface area contributed by atoms with Crippen molar-refractivity contribution >= 4 is 0 Å². The van der Waals surface area contributed by atoms with E-state index in [0.717, 1.165) is 23.5 Å². The van der Waals surface area contributed by atoms with Crippen LogP contribution in [0.2, 0.25) is 0 Å². The van der Waals surface area contributed by atoms with E-state index >= 15 is 0 Å². The molecule has 5 heteroatoms. The first-order valence-corrected chi connectivity index (χ1v) is 7.58. The lowest BCUT2D eigenvalue weighted by atomic mass is 10.1. The molecular formula is C18H19FN4. The molecule has 4 nitrogen and oxygen atoms in total. The summed E-state index contributed by atoms with van der Waals surface area (Å²) in [6.07, 6.45) is 5.45. The molecule has 0 aliphatic heterocycles. The minimum absolute atomic E-state index is 0.164. The first-order chi connectivity index (χ1) is 11.1. The molecule has 0 amide bonds. The molecule has 0 aliphatic rings. The van der Waals surface area contributed by atoms with E-state index in [1.54, 1.807) is 24.5 Å². The van der Waals surface area contributed by atoms with Gasteiger partial charge in [0.2, 0.25) is 0 Å². The molecule has 0 bridgehead atoms. The van der Waals surface area contributed by atoms with E-state index in [9.17, 15) is 4.39 Å². The lowest BCUT2D eigenvalue weighted by Gasteiger charge is -2.14. The SMILES string of the molecule is Cc1c([C@H](C)NCc2ccncc2)cnn1-c1ccc(F)cc1. The Morgan fingerprint density at radius 3 is 2.52 bits per heavy atom. The van der Waals surface area contributed by atoms with Crippen molar-refractivity contribution in [3.63, 3.8) is 0 Å². The zero-order valence-electron chi connectivity index (χ0n) is 13.2. The van der Waals surface area contributed by atoms with Gasteiger partial charge in [-0.25, -0.2) is 9.07 Å². The first-order valence-electron chi connectivity index (χ1n) is 7.58. The van der Waals surface area contributed by atoms with Crippen LogP contribution in [0.3, 0.4) is 0 Å². The van der Waals surface area contributed by atoms with Gasteiger partial charge in [-0.15, -0.1) is 0 Å². The summed E-state index contributed by atoms with van der Waals surface area (Å²) in [5.74, 6) is -0.244. The highest BCUT2D eigenvalue weighted by atomic mass is 19.1. The van der Waals surface area contributed by atoms with Crippen LogP contribution in [0.1, 0.15) is 29.8 Å². The maximum Gasteiger partial charge on any atom is 0.123 e. The second kappa shape index (κ2) is 6.71. The van der Waals surface area contributed by atoms with Gasteiger partial charge in [-0.1, -0.05) is 0 Å². The van der Waals surface area contributed by atoms with Crippen molar-refractivity contribution in [2.24, 2.45) is 0 Å². The quantitative estimate of drug-likeness (QED) is 0.783. The Morgan fingerprint density at radius 2 is 1.83 bits per heavy atom. The van der Waals surface area contributed by atoms with Crippen LogP contribution in [0.4, 0.5) is 4.39 Å². The van der Waals surface area contributed by atoms with Crippen LogP contribution in [0.5, 0.6) is 0 Å². The van der Waals surface area contributed by atoms with Crippen LogP contribution in [-0.2, 0) is 6.54 Å². The topological polar surface area (TPSA) is 42.7 Å². The zero-order chi connectivity index (χ0) is 16.2. The van der Waals surface area contributed by atoms with Crippen LogP contribution in [0, 0.1) is 12.7 Å². The summed E-state index contributed by atoms with van der Waals surface area (Å²) in [4.78, 5) is 4.02. The molecule has 2 aromatic heterocycles. The summed E-state index contributed by atoms with van der Waals surface area (Å²) in [6.45, 7) is 4.90. The third kappa shape index (κ3) is 3.46. The second-order valence-electron chi connectivity index (χ2n) is 5.53. The second-order valence-corrected chi connectivity index (χ2v) is 5.53.